The summed E-state index contributed by atoms with van der Waals surface area (Å²) < 4.78 is 11.0. The topological polar surface area (TPSA) is 59.6 Å². The third-order valence-electron chi connectivity index (χ3n) is 4.31. The SMILES string of the molecule is CO[C@@H]1CN[C@@H](C(=O)N[C@@H]2CCCOc3c(Cl)cccc32)C1. The van der Waals surface area contributed by atoms with Gasteiger partial charge in [-0.2, -0.15) is 0 Å². The highest BCUT2D eigenvalue weighted by Crippen LogP contribution is 2.36. The van der Waals surface area contributed by atoms with Crippen molar-refractivity contribution in [3.05, 3.63) is 28.8 Å². The Bertz CT molecular complexity index is 552. The molecule has 1 saturated heterocycles. The molecule has 22 heavy (non-hydrogen) atoms. The number of hydrogen-bond acceptors (Lipinski definition) is 4. The van der Waals surface area contributed by atoms with Crippen molar-refractivity contribution in [2.75, 3.05) is 20.3 Å². The zero-order valence-electron chi connectivity index (χ0n) is 12.6. The summed E-state index contributed by atoms with van der Waals surface area (Å²) in [5.74, 6) is 0.707. The molecule has 0 aromatic heterocycles. The van der Waals surface area contributed by atoms with Crippen molar-refractivity contribution in [2.45, 2.75) is 37.5 Å². The van der Waals surface area contributed by atoms with Crippen molar-refractivity contribution >= 4 is 17.5 Å². The summed E-state index contributed by atoms with van der Waals surface area (Å²) in [5.41, 5.74) is 0.958. The van der Waals surface area contributed by atoms with E-state index in [2.05, 4.69) is 10.6 Å². The Hall–Kier alpha value is -1.30. The van der Waals surface area contributed by atoms with Crippen LogP contribution >= 0.6 is 11.6 Å². The smallest absolute Gasteiger partial charge is 0.237 e. The number of rotatable bonds is 3. The quantitative estimate of drug-likeness (QED) is 0.893. The van der Waals surface area contributed by atoms with Crippen LogP contribution in [-0.4, -0.2) is 38.3 Å². The Morgan fingerprint density at radius 2 is 2.36 bits per heavy atom. The Kier molecular flexibility index (Phi) is 4.86. The number of ether oxygens (including phenoxy) is 2. The van der Waals surface area contributed by atoms with Crippen molar-refractivity contribution < 1.29 is 14.3 Å². The monoisotopic (exact) mass is 324 g/mol. The average molecular weight is 325 g/mol. The van der Waals surface area contributed by atoms with Gasteiger partial charge in [0, 0.05) is 19.2 Å². The highest BCUT2D eigenvalue weighted by Gasteiger charge is 2.31. The second-order valence-corrected chi connectivity index (χ2v) is 6.17. The number of hydrogen-bond donors (Lipinski definition) is 2. The van der Waals surface area contributed by atoms with Crippen LogP contribution in [-0.2, 0) is 9.53 Å². The number of amides is 1. The lowest BCUT2D eigenvalue weighted by Gasteiger charge is -2.21. The van der Waals surface area contributed by atoms with Gasteiger partial charge in [0.2, 0.25) is 5.91 Å². The molecular weight excluding hydrogens is 304 g/mol. The predicted molar refractivity (Wildman–Crippen MR) is 84.3 cm³/mol. The molecular formula is C16H21ClN2O3. The molecule has 0 bridgehead atoms. The number of carbonyl (C=O) groups excluding carboxylic acids is 1. The zero-order chi connectivity index (χ0) is 15.5. The van der Waals surface area contributed by atoms with E-state index in [4.69, 9.17) is 21.1 Å². The van der Waals surface area contributed by atoms with Gasteiger partial charge in [-0.15, -0.1) is 0 Å². The molecule has 0 radical (unpaired) electrons. The summed E-state index contributed by atoms with van der Waals surface area (Å²) in [5, 5.41) is 6.93. The molecule has 1 fully saturated rings. The second-order valence-electron chi connectivity index (χ2n) is 5.76. The van der Waals surface area contributed by atoms with Crippen LogP contribution in [0, 0.1) is 0 Å². The first-order chi connectivity index (χ1) is 10.7. The number of methoxy groups -OCH3 is 1. The number of benzene rings is 1. The zero-order valence-corrected chi connectivity index (χ0v) is 13.4. The van der Waals surface area contributed by atoms with Gasteiger partial charge in [0.1, 0.15) is 5.75 Å². The first kappa shape index (κ1) is 15.6. The average Bonchev–Trinajstić information content (AvgIpc) is 2.91. The fraction of sp³-hybridized carbons (Fsp3) is 0.562. The van der Waals surface area contributed by atoms with E-state index >= 15 is 0 Å². The summed E-state index contributed by atoms with van der Waals surface area (Å²) in [6.45, 7) is 1.33. The summed E-state index contributed by atoms with van der Waals surface area (Å²) in [6.07, 6.45) is 2.54. The lowest BCUT2D eigenvalue weighted by atomic mass is 10.0. The lowest BCUT2D eigenvalue weighted by molar-refractivity contribution is -0.123. The molecule has 1 aromatic carbocycles. The van der Waals surface area contributed by atoms with Gasteiger partial charge < -0.3 is 20.1 Å². The first-order valence-electron chi connectivity index (χ1n) is 7.67. The minimum Gasteiger partial charge on any atom is -0.492 e. The predicted octanol–water partition coefficient (Wildman–Crippen LogP) is 2.05. The second kappa shape index (κ2) is 6.86. The van der Waals surface area contributed by atoms with E-state index < -0.39 is 0 Å². The fourth-order valence-corrected chi connectivity index (χ4v) is 3.31. The number of fused-ring (bicyclic) bond motifs is 1. The van der Waals surface area contributed by atoms with Gasteiger partial charge in [-0.3, -0.25) is 4.79 Å². The Morgan fingerprint density at radius 1 is 1.50 bits per heavy atom. The maximum Gasteiger partial charge on any atom is 0.237 e. The van der Waals surface area contributed by atoms with Gasteiger partial charge in [-0.1, -0.05) is 23.7 Å². The van der Waals surface area contributed by atoms with Crippen LogP contribution in [0.4, 0.5) is 0 Å². The molecule has 2 heterocycles. The molecule has 1 amide bonds. The highest BCUT2D eigenvalue weighted by atomic mass is 35.5. The Labute approximate surface area is 135 Å². The van der Waals surface area contributed by atoms with E-state index in [0.29, 0.717) is 30.3 Å². The van der Waals surface area contributed by atoms with Gasteiger partial charge in [0.25, 0.3) is 0 Å². The molecule has 3 rings (SSSR count). The summed E-state index contributed by atoms with van der Waals surface area (Å²) in [4.78, 5) is 12.5. The lowest BCUT2D eigenvalue weighted by Crippen LogP contribution is -2.42. The third-order valence-corrected chi connectivity index (χ3v) is 4.61. The van der Waals surface area contributed by atoms with Crippen LogP contribution in [0.25, 0.3) is 0 Å². The van der Waals surface area contributed by atoms with Gasteiger partial charge in [0.15, 0.2) is 0 Å². The largest absolute Gasteiger partial charge is 0.492 e. The first-order valence-corrected chi connectivity index (χ1v) is 8.04. The minimum atomic E-state index is -0.197. The molecule has 0 unspecified atom stereocenters. The molecule has 120 valence electrons. The molecule has 0 saturated carbocycles. The van der Waals surface area contributed by atoms with Crippen LogP contribution in [0.2, 0.25) is 5.02 Å². The molecule has 0 aliphatic carbocycles. The van der Waals surface area contributed by atoms with Crippen molar-refractivity contribution in [3.63, 3.8) is 0 Å². The normalized spacial score (nSPS) is 27.6. The van der Waals surface area contributed by atoms with Crippen LogP contribution in [0.15, 0.2) is 18.2 Å². The van der Waals surface area contributed by atoms with Crippen LogP contribution in [0.3, 0.4) is 0 Å². The van der Waals surface area contributed by atoms with E-state index in [0.717, 1.165) is 18.4 Å². The van der Waals surface area contributed by atoms with Gasteiger partial charge in [-0.05, 0) is 25.3 Å². The molecule has 2 N–H and O–H groups in total. The number of nitrogens with one attached hydrogen (secondary N) is 2. The van der Waals surface area contributed by atoms with E-state index in [-0.39, 0.29) is 24.1 Å². The van der Waals surface area contributed by atoms with Crippen LogP contribution < -0.4 is 15.4 Å². The fourth-order valence-electron chi connectivity index (χ4n) is 3.07. The van der Waals surface area contributed by atoms with Gasteiger partial charge in [-0.25, -0.2) is 0 Å². The standard InChI is InChI=1S/C16H21ClN2O3/c1-21-10-8-14(18-9-10)16(20)19-13-6-3-7-22-15-11(13)4-2-5-12(15)17/h2,4-5,10,13-14,18H,3,6-9H2,1H3,(H,19,20)/t10-,13+,14+/m0/s1. The molecule has 0 spiro atoms. The number of carbonyl (C=O) groups is 1. The third kappa shape index (κ3) is 3.21. The van der Waals surface area contributed by atoms with Crippen molar-refractivity contribution in [3.8, 4) is 5.75 Å². The van der Waals surface area contributed by atoms with E-state index in [1.54, 1.807) is 7.11 Å². The molecule has 2 aliphatic rings. The molecule has 2 aliphatic heterocycles. The van der Waals surface area contributed by atoms with Crippen molar-refractivity contribution in [2.24, 2.45) is 0 Å². The Balaban J connectivity index is 1.73. The van der Waals surface area contributed by atoms with E-state index in [1.165, 1.54) is 0 Å². The van der Waals surface area contributed by atoms with Gasteiger partial charge in [0.05, 0.1) is 29.8 Å². The number of halogens is 1. The summed E-state index contributed by atoms with van der Waals surface area (Å²) in [6, 6.07) is 5.41. The van der Waals surface area contributed by atoms with Gasteiger partial charge >= 0.3 is 0 Å². The van der Waals surface area contributed by atoms with Crippen LogP contribution in [0.1, 0.15) is 30.9 Å². The highest BCUT2D eigenvalue weighted by molar-refractivity contribution is 6.32. The minimum absolute atomic E-state index is 0.0115. The van der Waals surface area contributed by atoms with Crippen molar-refractivity contribution in [1.29, 1.82) is 0 Å². The summed E-state index contributed by atoms with van der Waals surface area (Å²) >= 11 is 6.22. The maximum absolute atomic E-state index is 12.5. The Morgan fingerprint density at radius 3 is 3.14 bits per heavy atom. The maximum atomic E-state index is 12.5. The van der Waals surface area contributed by atoms with Crippen molar-refractivity contribution in [1.82, 2.24) is 10.6 Å². The number of para-hydroxylation sites is 1. The molecule has 3 atom stereocenters. The molecule has 5 nitrogen and oxygen atoms in total. The molecule has 6 heteroatoms. The van der Waals surface area contributed by atoms with E-state index in [1.807, 2.05) is 18.2 Å². The van der Waals surface area contributed by atoms with E-state index in [9.17, 15) is 4.79 Å². The van der Waals surface area contributed by atoms with Crippen LogP contribution in [0.5, 0.6) is 5.75 Å². The molecule has 1 aromatic rings. The summed E-state index contributed by atoms with van der Waals surface area (Å²) in [7, 11) is 1.67.